The molecule has 3 aromatic rings. The van der Waals surface area contributed by atoms with Crippen molar-refractivity contribution >= 4 is 17.6 Å². The zero-order chi connectivity index (χ0) is 19.9. The Morgan fingerprint density at radius 1 is 1.00 bits per heavy atom. The Morgan fingerprint density at radius 3 is 2.36 bits per heavy atom. The van der Waals surface area contributed by atoms with Gasteiger partial charge in [-0.15, -0.1) is 0 Å². The number of anilines is 2. The van der Waals surface area contributed by atoms with Gasteiger partial charge in [-0.1, -0.05) is 24.3 Å². The number of carboxylic acids is 1. The summed E-state index contributed by atoms with van der Waals surface area (Å²) in [5.74, 6) is 0.821. The highest BCUT2D eigenvalue weighted by molar-refractivity contribution is 5.67. The second-order valence-corrected chi connectivity index (χ2v) is 6.47. The van der Waals surface area contributed by atoms with Crippen LogP contribution in [0.4, 0.5) is 11.6 Å². The van der Waals surface area contributed by atoms with Gasteiger partial charge >= 0.3 is 5.97 Å². The number of aromatic nitrogens is 3. The largest absolute Gasteiger partial charge is 0.481 e. The molecule has 0 aliphatic carbocycles. The highest BCUT2D eigenvalue weighted by Crippen LogP contribution is 2.20. The van der Waals surface area contributed by atoms with Gasteiger partial charge in [-0.3, -0.25) is 9.78 Å². The first kappa shape index (κ1) is 19.3. The van der Waals surface area contributed by atoms with E-state index in [2.05, 4.69) is 51.6 Å². The first-order valence-electron chi connectivity index (χ1n) is 9.08. The molecule has 0 bridgehead atoms. The van der Waals surface area contributed by atoms with Crippen molar-refractivity contribution in [2.24, 2.45) is 0 Å². The quantitative estimate of drug-likeness (QED) is 0.551. The van der Waals surface area contributed by atoms with E-state index in [1.165, 1.54) is 16.7 Å². The van der Waals surface area contributed by atoms with Crippen molar-refractivity contribution < 1.29 is 9.90 Å². The molecule has 0 amide bonds. The fourth-order valence-corrected chi connectivity index (χ4v) is 2.84. The van der Waals surface area contributed by atoms with E-state index in [9.17, 15) is 4.79 Å². The highest BCUT2D eigenvalue weighted by Gasteiger charge is 2.09. The van der Waals surface area contributed by atoms with Crippen LogP contribution in [0, 0.1) is 13.8 Å². The zero-order valence-electron chi connectivity index (χ0n) is 15.9. The summed E-state index contributed by atoms with van der Waals surface area (Å²) in [7, 11) is 0. The average molecular weight is 377 g/mol. The van der Waals surface area contributed by atoms with Crippen LogP contribution in [0.2, 0.25) is 0 Å². The molecule has 0 spiro atoms. The van der Waals surface area contributed by atoms with Gasteiger partial charge < -0.3 is 15.7 Å². The van der Waals surface area contributed by atoms with Crippen molar-refractivity contribution in [3.05, 3.63) is 65.4 Å². The third-order valence-corrected chi connectivity index (χ3v) is 4.36. The summed E-state index contributed by atoms with van der Waals surface area (Å²) in [5.41, 5.74) is 4.30. The van der Waals surface area contributed by atoms with Gasteiger partial charge in [0.25, 0.3) is 0 Å². The molecule has 3 rings (SSSR count). The molecule has 7 heteroatoms. The van der Waals surface area contributed by atoms with Crippen LogP contribution in [0.25, 0.3) is 11.5 Å². The molecule has 2 heterocycles. The molecule has 0 radical (unpaired) electrons. The predicted molar refractivity (Wildman–Crippen MR) is 109 cm³/mol. The summed E-state index contributed by atoms with van der Waals surface area (Å²) in [5, 5.41) is 15.3. The molecule has 2 aromatic heterocycles. The minimum atomic E-state index is -0.861. The smallest absolute Gasteiger partial charge is 0.305 e. The summed E-state index contributed by atoms with van der Waals surface area (Å²) in [6.45, 7) is 5.08. The van der Waals surface area contributed by atoms with Crippen LogP contribution in [0.1, 0.15) is 23.1 Å². The van der Waals surface area contributed by atoms with E-state index in [4.69, 9.17) is 5.11 Å². The number of aliphatic carboxylic acids is 1. The van der Waals surface area contributed by atoms with Crippen molar-refractivity contribution in [1.82, 2.24) is 15.0 Å². The maximum absolute atomic E-state index is 10.8. The van der Waals surface area contributed by atoms with Crippen molar-refractivity contribution in [3.63, 3.8) is 0 Å². The van der Waals surface area contributed by atoms with Gasteiger partial charge in [0.05, 0.1) is 6.42 Å². The SMILES string of the molecule is Cc1cccc(C)c1CNc1cc(NCCC(=O)O)nc(-c2ccccn2)n1. The number of rotatable bonds is 8. The average Bonchev–Trinajstić information content (AvgIpc) is 2.68. The Morgan fingerprint density at radius 2 is 1.71 bits per heavy atom. The van der Waals surface area contributed by atoms with Crippen LogP contribution >= 0.6 is 0 Å². The van der Waals surface area contributed by atoms with E-state index in [1.807, 2.05) is 24.3 Å². The number of aryl methyl sites for hydroxylation is 2. The molecule has 7 nitrogen and oxygen atoms in total. The summed E-state index contributed by atoms with van der Waals surface area (Å²) in [4.78, 5) is 24.1. The molecule has 0 saturated carbocycles. The van der Waals surface area contributed by atoms with Crippen molar-refractivity contribution in [2.75, 3.05) is 17.2 Å². The first-order valence-corrected chi connectivity index (χ1v) is 9.08. The molecule has 3 N–H and O–H groups in total. The van der Waals surface area contributed by atoms with Crippen LogP contribution in [-0.4, -0.2) is 32.6 Å². The second kappa shape index (κ2) is 8.94. The molecule has 0 aliphatic heterocycles. The van der Waals surface area contributed by atoms with Gasteiger partial charge in [0.2, 0.25) is 0 Å². The fourth-order valence-electron chi connectivity index (χ4n) is 2.84. The van der Waals surface area contributed by atoms with Crippen LogP contribution < -0.4 is 10.6 Å². The lowest BCUT2D eigenvalue weighted by atomic mass is 10.0. The molecule has 28 heavy (non-hydrogen) atoms. The number of pyridine rings is 1. The molecule has 0 aliphatic rings. The van der Waals surface area contributed by atoms with Gasteiger partial charge in [0.1, 0.15) is 17.3 Å². The van der Waals surface area contributed by atoms with E-state index >= 15 is 0 Å². The number of benzene rings is 1. The standard InChI is InChI=1S/C21H23N5O2/c1-14-6-5-7-15(2)16(14)13-24-19-12-18(23-11-9-20(27)28)25-21(26-19)17-8-3-4-10-22-17/h3-8,10,12H,9,11,13H2,1-2H3,(H,27,28)(H2,23,24,25,26). The van der Waals surface area contributed by atoms with Crippen molar-refractivity contribution in [2.45, 2.75) is 26.8 Å². The minimum Gasteiger partial charge on any atom is -0.481 e. The van der Waals surface area contributed by atoms with E-state index in [-0.39, 0.29) is 13.0 Å². The molecule has 144 valence electrons. The number of nitrogens with zero attached hydrogens (tertiary/aromatic N) is 3. The lowest BCUT2D eigenvalue weighted by Gasteiger charge is -2.13. The summed E-state index contributed by atoms with van der Waals surface area (Å²) < 4.78 is 0. The van der Waals surface area contributed by atoms with Crippen molar-refractivity contribution in [1.29, 1.82) is 0 Å². The van der Waals surface area contributed by atoms with Gasteiger partial charge in [0.15, 0.2) is 5.82 Å². The number of hydrogen-bond acceptors (Lipinski definition) is 6. The van der Waals surface area contributed by atoms with Gasteiger partial charge in [0, 0.05) is 25.4 Å². The molecule has 0 unspecified atom stereocenters. The molecular weight excluding hydrogens is 354 g/mol. The molecular formula is C21H23N5O2. The summed E-state index contributed by atoms with van der Waals surface area (Å²) in [6.07, 6.45) is 1.70. The van der Waals surface area contributed by atoms with E-state index in [0.29, 0.717) is 29.7 Å². The predicted octanol–water partition coefficient (Wildman–Crippen LogP) is 3.65. The third kappa shape index (κ3) is 5.03. The maximum atomic E-state index is 10.8. The minimum absolute atomic E-state index is 0.00803. The second-order valence-electron chi connectivity index (χ2n) is 6.47. The number of carbonyl (C=O) groups is 1. The van der Waals surface area contributed by atoms with Crippen LogP contribution in [0.15, 0.2) is 48.7 Å². The first-order chi connectivity index (χ1) is 13.5. The number of carboxylic acid groups (broad SMARTS) is 1. The Bertz CT molecular complexity index is 940. The Kier molecular flexibility index (Phi) is 6.16. The summed E-state index contributed by atoms with van der Waals surface area (Å²) >= 11 is 0. The Balaban J connectivity index is 1.85. The fraction of sp³-hybridized carbons (Fsp3) is 0.238. The zero-order valence-corrected chi connectivity index (χ0v) is 15.9. The number of hydrogen-bond donors (Lipinski definition) is 3. The van der Waals surface area contributed by atoms with Crippen LogP contribution in [-0.2, 0) is 11.3 Å². The molecule has 0 saturated heterocycles. The maximum Gasteiger partial charge on any atom is 0.305 e. The van der Waals surface area contributed by atoms with Gasteiger partial charge in [-0.05, 0) is 42.7 Å². The molecule has 0 atom stereocenters. The van der Waals surface area contributed by atoms with E-state index in [0.717, 1.165) is 0 Å². The van der Waals surface area contributed by atoms with Crippen LogP contribution in [0.5, 0.6) is 0 Å². The van der Waals surface area contributed by atoms with Crippen LogP contribution in [0.3, 0.4) is 0 Å². The van der Waals surface area contributed by atoms with E-state index < -0.39 is 5.97 Å². The van der Waals surface area contributed by atoms with Gasteiger partial charge in [-0.2, -0.15) is 0 Å². The monoisotopic (exact) mass is 377 g/mol. The lowest BCUT2D eigenvalue weighted by molar-refractivity contribution is -0.136. The Labute approximate surface area is 163 Å². The topological polar surface area (TPSA) is 100 Å². The molecule has 0 fully saturated rings. The van der Waals surface area contributed by atoms with Gasteiger partial charge in [-0.25, -0.2) is 9.97 Å². The molecule has 1 aromatic carbocycles. The van der Waals surface area contributed by atoms with E-state index in [1.54, 1.807) is 12.3 Å². The Hall–Kier alpha value is -3.48. The normalized spacial score (nSPS) is 10.5. The number of nitrogens with one attached hydrogen (secondary N) is 2. The highest BCUT2D eigenvalue weighted by atomic mass is 16.4. The third-order valence-electron chi connectivity index (χ3n) is 4.36. The lowest BCUT2D eigenvalue weighted by Crippen LogP contribution is -2.11. The summed E-state index contributed by atoms with van der Waals surface area (Å²) in [6, 6.07) is 13.5. The van der Waals surface area contributed by atoms with Crippen molar-refractivity contribution in [3.8, 4) is 11.5 Å².